The van der Waals surface area contributed by atoms with E-state index in [0.717, 1.165) is 30.4 Å². The molecule has 0 aromatic carbocycles. The second-order valence-corrected chi connectivity index (χ2v) is 7.83. The van der Waals surface area contributed by atoms with Crippen LogP contribution in [-0.2, 0) is 14.0 Å². The van der Waals surface area contributed by atoms with Crippen LogP contribution in [0, 0.1) is 0 Å². The van der Waals surface area contributed by atoms with Crippen LogP contribution in [0.5, 0.6) is 0 Å². The SMILES string of the molecule is CC1(C)OB(c2ccc(C3=CC4CCC(C3)O4)nc2)OC1(C)C. The van der Waals surface area contributed by atoms with E-state index in [1.165, 1.54) is 5.57 Å². The Morgan fingerprint density at radius 3 is 2.43 bits per heavy atom. The van der Waals surface area contributed by atoms with E-state index in [2.05, 4.69) is 50.9 Å². The molecule has 3 aliphatic heterocycles. The highest BCUT2D eigenvalue weighted by Gasteiger charge is 2.51. The fourth-order valence-electron chi connectivity index (χ4n) is 3.45. The standard InChI is InChI=1S/C18H24BNO3/c1-17(2)18(3,4)23-19(22-17)13-5-8-16(20-11-13)12-9-14-6-7-15(10-12)21-14/h5,8-9,11,14-15H,6-7,10H2,1-4H3. The normalized spacial score (nSPS) is 31.3. The van der Waals surface area contributed by atoms with Crippen LogP contribution in [0.3, 0.4) is 0 Å². The Labute approximate surface area is 138 Å². The highest BCUT2D eigenvalue weighted by molar-refractivity contribution is 6.62. The van der Waals surface area contributed by atoms with Gasteiger partial charge in [-0.1, -0.05) is 12.1 Å². The summed E-state index contributed by atoms with van der Waals surface area (Å²) in [5.74, 6) is 0. The zero-order valence-electron chi connectivity index (χ0n) is 14.3. The molecule has 2 unspecified atom stereocenters. The zero-order valence-corrected chi connectivity index (χ0v) is 14.3. The van der Waals surface area contributed by atoms with Crippen LogP contribution >= 0.6 is 0 Å². The molecule has 23 heavy (non-hydrogen) atoms. The Morgan fingerprint density at radius 2 is 1.83 bits per heavy atom. The molecule has 0 saturated carbocycles. The molecule has 2 saturated heterocycles. The van der Waals surface area contributed by atoms with Gasteiger partial charge < -0.3 is 14.0 Å². The summed E-state index contributed by atoms with van der Waals surface area (Å²) in [7, 11) is -0.346. The van der Waals surface area contributed by atoms with Gasteiger partial charge in [0.15, 0.2) is 0 Å². The molecule has 0 N–H and O–H groups in total. The molecule has 2 bridgehead atoms. The summed E-state index contributed by atoms with van der Waals surface area (Å²) < 4.78 is 18.0. The van der Waals surface area contributed by atoms with Gasteiger partial charge in [-0.05, 0) is 52.2 Å². The molecule has 0 spiro atoms. The van der Waals surface area contributed by atoms with Crippen LogP contribution in [0.2, 0.25) is 0 Å². The van der Waals surface area contributed by atoms with E-state index in [-0.39, 0.29) is 24.4 Å². The van der Waals surface area contributed by atoms with E-state index in [9.17, 15) is 0 Å². The van der Waals surface area contributed by atoms with Crippen molar-refractivity contribution in [2.24, 2.45) is 0 Å². The van der Waals surface area contributed by atoms with Crippen molar-refractivity contribution in [1.82, 2.24) is 4.98 Å². The Hall–Kier alpha value is -1.17. The van der Waals surface area contributed by atoms with Crippen molar-refractivity contribution in [3.8, 4) is 0 Å². The molecule has 122 valence electrons. The number of rotatable bonds is 2. The maximum Gasteiger partial charge on any atom is 0.496 e. The first-order valence-electron chi connectivity index (χ1n) is 8.52. The summed E-state index contributed by atoms with van der Waals surface area (Å²) in [6.07, 6.45) is 8.06. The van der Waals surface area contributed by atoms with E-state index >= 15 is 0 Å². The summed E-state index contributed by atoms with van der Waals surface area (Å²) in [4.78, 5) is 4.66. The molecule has 0 radical (unpaired) electrons. The van der Waals surface area contributed by atoms with Gasteiger partial charge in [0.1, 0.15) is 0 Å². The van der Waals surface area contributed by atoms with Crippen LogP contribution < -0.4 is 5.46 Å². The van der Waals surface area contributed by atoms with Gasteiger partial charge in [-0.3, -0.25) is 4.98 Å². The van der Waals surface area contributed by atoms with Gasteiger partial charge in [0, 0.05) is 18.1 Å². The molecular formula is C18H24BNO3. The molecule has 4 heterocycles. The highest BCUT2D eigenvalue weighted by atomic mass is 16.7. The van der Waals surface area contributed by atoms with Gasteiger partial charge >= 0.3 is 7.12 Å². The highest BCUT2D eigenvalue weighted by Crippen LogP contribution is 2.37. The van der Waals surface area contributed by atoms with Crippen molar-refractivity contribution in [2.45, 2.75) is 70.4 Å². The number of pyridine rings is 1. The van der Waals surface area contributed by atoms with Crippen LogP contribution in [0.25, 0.3) is 5.57 Å². The fraction of sp³-hybridized carbons (Fsp3) is 0.611. The van der Waals surface area contributed by atoms with Crippen LogP contribution in [0.4, 0.5) is 0 Å². The molecule has 0 amide bonds. The van der Waals surface area contributed by atoms with E-state index in [1.54, 1.807) is 0 Å². The van der Waals surface area contributed by atoms with Crippen molar-refractivity contribution in [1.29, 1.82) is 0 Å². The molecule has 1 aromatic rings. The van der Waals surface area contributed by atoms with Crippen molar-refractivity contribution >= 4 is 18.2 Å². The van der Waals surface area contributed by atoms with Crippen molar-refractivity contribution in [2.75, 3.05) is 0 Å². The van der Waals surface area contributed by atoms with Crippen LogP contribution in [0.1, 0.15) is 52.7 Å². The van der Waals surface area contributed by atoms with E-state index in [0.29, 0.717) is 6.10 Å². The topological polar surface area (TPSA) is 40.6 Å². The van der Waals surface area contributed by atoms with Gasteiger partial charge in [-0.15, -0.1) is 0 Å². The Balaban J connectivity index is 1.53. The first kappa shape index (κ1) is 15.4. The van der Waals surface area contributed by atoms with E-state index < -0.39 is 0 Å². The number of nitrogens with zero attached hydrogens (tertiary/aromatic N) is 1. The van der Waals surface area contributed by atoms with Gasteiger partial charge in [0.2, 0.25) is 0 Å². The lowest BCUT2D eigenvalue weighted by Gasteiger charge is -2.32. The minimum atomic E-state index is -0.346. The molecule has 2 fully saturated rings. The molecule has 1 aromatic heterocycles. The average molecular weight is 313 g/mol. The van der Waals surface area contributed by atoms with Crippen molar-refractivity contribution in [3.05, 3.63) is 30.1 Å². The number of hydrogen-bond donors (Lipinski definition) is 0. The maximum absolute atomic E-state index is 6.08. The summed E-state index contributed by atoms with van der Waals surface area (Å²) in [6.45, 7) is 8.27. The lowest BCUT2D eigenvalue weighted by atomic mass is 9.80. The number of ether oxygens (including phenoxy) is 1. The second kappa shape index (κ2) is 5.17. The Morgan fingerprint density at radius 1 is 1.09 bits per heavy atom. The molecule has 5 heteroatoms. The van der Waals surface area contributed by atoms with Gasteiger partial charge in [-0.25, -0.2) is 0 Å². The third-order valence-corrected chi connectivity index (χ3v) is 5.62. The van der Waals surface area contributed by atoms with Crippen LogP contribution in [-0.4, -0.2) is 35.5 Å². The number of aromatic nitrogens is 1. The fourth-order valence-corrected chi connectivity index (χ4v) is 3.45. The third-order valence-electron chi connectivity index (χ3n) is 5.62. The average Bonchev–Trinajstić information content (AvgIpc) is 2.95. The molecular weight excluding hydrogens is 289 g/mol. The molecule has 3 aliphatic rings. The maximum atomic E-state index is 6.08. The van der Waals surface area contributed by atoms with E-state index in [4.69, 9.17) is 14.0 Å². The van der Waals surface area contributed by atoms with Crippen LogP contribution in [0.15, 0.2) is 24.4 Å². The molecule has 0 aliphatic carbocycles. The van der Waals surface area contributed by atoms with Gasteiger partial charge in [-0.2, -0.15) is 0 Å². The minimum absolute atomic E-state index is 0.285. The summed E-state index contributed by atoms with van der Waals surface area (Å²) in [6, 6.07) is 4.15. The predicted octanol–water partition coefficient (Wildman–Crippen LogP) is 2.72. The molecule has 4 nitrogen and oxygen atoms in total. The van der Waals surface area contributed by atoms with E-state index in [1.807, 2.05) is 6.20 Å². The summed E-state index contributed by atoms with van der Waals surface area (Å²) >= 11 is 0. The molecule has 4 rings (SSSR count). The first-order chi connectivity index (χ1) is 10.8. The predicted molar refractivity (Wildman–Crippen MR) is 90.4 cm³/mol. The smallest absolute Gasteiger partial charge is 0.399 e. The number of hydrogen-bond acceptors (Lipinski definition) is 4. The lowest BCUT2D eigenvalue weighted by Crippen LogP contribution is -2.41. The second-order valence-electron chi connectivity index (χ2n) is 7.83. The Bertz CT molecular complexity index is 622. The van der Waals surface area contributed by atoms with Crippen molar-refractivity contribution < 1.29 is 14.0 Å². The molecule has 2 atom stereocenters. The quantitative estimate of drug-likeness (QED) is 0.787. The summed E-state index contributed by atoms with van der Waals surface area (Å²) in [5, 5.41) is 0. The lowest BCUT2D eigenvalue weighted by molar-refractivity contribution is 0.00578. The summed E-state index contributed by atoms with van der Waals surface area (Å²) in [5.41, 5.74) is 2.69. The minimum Gasteiger partial charge on any atom is -0.399 e. The number of fused-ring (bicyclic) bond motifs is 2. The van der Waals surface area contributed by atoms with Gasteiger partial charge in [0.05, 0.1) is 29.1 Å². The monoisotopic (exact) mass is 313 g/mol. The van der Waals surface area contributed by atoms with Gasteiger partial charge in [0.25, 0.3) is 0 Å². The zero-order chi connectivity index (χ0) is 16.2. The first-order valence-corrected chi connectivity index (χ1v) is 8.52. The third kappa shape index (κ3) is 2.65. The largest absolute Gasteiger partial charge is 0.496 e. The van der Waals surface area contributed by atoms with Crippen molar-refractivity contribution in [3.63, 3.8) is 0 Å². The Kier molecular flexibility index (Phi) is 3.45.